The zero-order valence-electron chi connectivity index (χ0n) is 17.0. The zero-order chi connectivity index (χ0) is 20.5. The van der Waals surface area contributed by atoms with Gasteiger partial charge in [-0.3, -0.25) is 14.5 Å². The number of aromatic nitrogens is 1. The Bertz CT molecular complexity index is 932. The van der Waals surface area contributed by atoms with E-state index < -0.39 is 6.04 Å². The molecule has 1 atom stereocenters. The molecule has 2 aliphatic rings. The number of rotatable bonds is 5. The number of H-pyrrole nitrogens is 1. The number of amides is 2. The lowest BCUT2D eigenvalue weighted by molar-refractivity contribution is -0.131. The Hall–Kier alpha value is -2.41. The summed E-state index contributed by atoms with van der Waals surface area (Å²) in [6, 6.07) is 7.48. The second-order valence-corrected chi connectivity index (χ2v) is 8.60. The average molecular weight is 413 g/mol. The number of carbonyl (C=O) groups is 2. The van der Waals surface area contributed by atoms with Gasteiger partial charge in [-0.25, -0.2) is 0 Å². The number of fused-ring (bicyclic) bond motifs is 1. The van der Waals surface area contributed by atoms with Gasteiger partial charge < -0.3 is 15.2 Å². The van der Waals surface area contributed by atoms with E-state index in [1.54, 1.807) is 4.90 Å². The highest BCUT2D eigenvalue weighted by Crippen LogP contribution is 2.33. The van der Waals surface area contributed by atoms with Crippen molar-refractivity contribution in [2.75, 3.05) is 11.9 Å². The number of nitrogens with zero attached hydrogens (tertiary/aromatic N) is 2. The van der Waals surface area contributed by atoms with Gasteiger partial charge in [-0.2, -0.15) is 0 Å². The van der Waals surface area contributed by atoms with E-state index in [0.717, 1.165) is 42.3 Å². The molecule has 0 radical (unpaired) electrons. The Kier molecular flexibility index (Phi) is 5.58. The predicted molar refractivity (Wildman–Crippen MR) is 119 cm³/mol. The summed E-state index contributed by atoms with van der Waals surface area (Å²) in [4.78, 5) is 32.7. The minimum absolute atomic E-state index is 0.0499. The van der Waals surface area contributed by atoms with Gasteiger partial charge in [-0.1, -0.05) is 13.0 Å². The molecule has 0 spiro atoms. The SMILES string of the molecule is CCN1C(=O)C(CC(=O)Nc2ccc3cc[nH]c3c2)N(C2CCC(C)CC2)C1=S. The fourth-order valence-corrected chi connectivity index (χ4v) is 5.08. The summed E-state index contributed by atoms with van der Waals surface area (Å²) in [5, 5.41) is 4.63. The van der Waals surface area contributed by atoms with Crippen LogP contribution < -0.4 is 5.32 Å². The van der Waals surface area contributed by atoms with Gasteiger partial charge in [0, 0.05) is 30.0 Å². The molecule has 1 aliphatic carbocycles. The van der Waals surface area contributed by atoms with Gasteiger partial charge in [0.15, 0.2) is 5.11 Å². The van der Waals surface area contributed by atoms with E-state index in [0.29, 0.717) is 17.6 Å². The molecule has 1 unspecified atom stereocenters. The van der Waals surface area contributed by atoms with E-state index >= 15 is 0 Å². The summed E-state index contributed by atoms with van der Waals surface area (Å²) >= 11 is 5.65. The summed E-state index contributed by atoms with van der Waals surface area (Å²) in [6.45, 7) is 4.74. The van der Waals surface area contributed by atoms with Gasteiger partial charge >= 0.3 is 0 Å². The van der Waals surface area contributed by atoms with Crippen LogP contribution in [-0.2, 0) is 9.59 Å². The molecule has 0 bridgehead atoms. The largest absolute Gasteiger partial charge is 0.361 e. The molecule has 2 heterocycles. The van der Waals surface area contributed by atoms with Crippen LogP contribution in [0, 0.1) is 5.92 Å². The monoisotopic (exact) mass is 412 g/mol. The number of benzene rings is 1. The Morgan fingerprint density at radius 1 is 1.24 bits per heavy atom. The lowest BCUT2D eigenvalue weighted by Crippen LogP contribution is -2.46. The van der Waals surface area contributed by atoms with E-state index in [9.17, 15) is 9.59 Å². The Balaban J connectivity index is 1.49. The van der Waals surface area contributed by atoms with E-state index in [2.05, 4.69) is 22.1 Å². The Labute approximate surface area is 176 Å². The summed E-state index contributed by atoms with van der Waals surface area (Å²) < 4.78 is 0. The molecule has 2 N–H and O–H groups in total. The maximum Gasteiger partial charge on any atom is 0.252 e. The van der Waals surface area contributed by atoms with Crippen LogP contribution in [0.4, 0.5) is 5.69 Å². The Morgan fingerprint density at radius 2 is 2.00 bits per heavy atom. The highest BCUT2D eigenvalue weighted by Gasteiger charge is 2.46. The van der Waals surface area contributed by atoms with E-state index in [4.69, 9.17) is 12.2 Å². The van der Waals surface area contributed by atoms with Crippen molar-refractivity contribution in [1.82, 2.24) is 14.8 Å². The number of hydrogen-bond acceptors (Lipinski definition) is 3. The van der Waals surface area contributed by atoms with Crippen LogP contribution in [0.1, 0.15) is 46.0 Å². The quantitative estimate of drug-likeness (QED) is 0.731. The first-order chi connectivity index (χ1) is 14.0. The van der Waals surface area contributed by atoms with Crippen LogP contribution in [-0.4, -0.2) is 50.3 Å². The van der Waals surface area contributed by atoms with Crippen LogP contribution in [0.2, 0.25) is 0 Å². The number of likely N-dealkylation sites (N-methyl/N-ethyl adjacent to an activating group) is 1. The number of anilines is 1. The van der Waals surface area contributed by atoms with Gasteiger partial charge in [0.05, 0.1) is 6.42 Å². The van der Waals surface area contributed by atoms with Crippen molar-refractivity contribution in [2.24, 2.45) is 5.92 Å². The predicted octanol–water partition coefficient (Wildman–Crippen LogP) is 3.89. The first-order valence-electron chi connectivity index (χ1n) is 10.5. The van der Waals surface area contributed by atoms with E-state index in [1.165, 1.54) is 0 Å². The molecular formula is C22H28N4O2S. The molecule has 1 aromatic carbocycles. The fourth-order valence-electron chi connectivity index (χ4n) is 4.59. The topological polar surface area (TPSA) is 68.4 Å². The molecule has 6 nitrogen and oxygen atoms in total. The standard InChI is InChI=1S/C22H28N4O2S/c1-3-25-21(28)19(26(22(25)29)17-8-4-14(2)5-9-17)13-20(27)24-16-7-6-15-10-11-23-18(15)12-16/h6-7,10-12,14,17,19,23H,3-5,8-9,13H2,1-2H3,(H,24,27). The number of carbonyl (C=O) groups excluding carboxylic acids is 2. The molecule has 29 heavy (non-hydrogen) atoms. The molecule has 4 rings (SSSR count). The third-order valence-electron chi connectivity index (χ3n) is 6.25. The second-order valence-electron chi connectivity index (χ2n) is 8.23. The van der Waals surface area contributed by atoms with E-state index in [1.807, 2.05) is 37.4 Å². The third-order valence-corrected chi connectivity index (χ3v) is 6.68. The van der Waals surface area contributed by atoms with Crippen molar-refractivity contribution >= 4 is 45.7 Å². The normalized spacial score (nSPS) is 25.1. The molecule has 2 aromatic rings. The maximum atomic E-state index is 13.0. The van der Waals surface area contributed by atoms with Crippen molar-refractivity contribution in [3.8, 4) is 0 Å². The smallest absolute Gasteiger partial charge is 0.252 e. The molecule has 2 fully saturated rings. The second kappa shape index (κ2) is 8.14. The minimum atomic E-state index is -0.505. The maximum absolute atomic E-state index is 13.0. The molecule has 1 aromatic heterocycles. The molecule has 1 saturated carbocycles. The molecule has 154 valence electrons. The zero-order valence-corrected chi connectivity index (χ0v) is 17.8. The van der Waals surface area contributed by atoms with Gasteiger partial charge in [0.2, 0.25) is 5.91 Å². The van der Waals surface area contributed by atoms with Crippen molar-refractivity contribution < 1.29 is 9.59 Å². The molecular weight excluding hydrogens is 384 g/mol. The van der Waals surface area contributed by atoms with Gasteiger partial charge in [0.25, 0.3) is 5.91 Å². The lowest BCUT2D eigenvalue weighted by atomic mass is 9.86. The van der Waals surface area contributed by atoms with Crippen molar-refractivity contribution in [3.05, 3.63) is 30.5 Å². The fraction of sp³-hybridized carbons (Fsp3) is 0.500. The van der Waals surface area contributed by atoms with E-state index in [-0.39, 0.29) is 24.3 Å². The summed E-state index contributed by atoms with van der Waals surface area (Å²) in [7, 11) is 0. The van der Waals surface area contributed by atoms with Crippen LogP contribution in [0.25, 0.3) is 10.9 Å². The van der Waals surface area contributed by atoms with Crippen molar-refractivity contribution in [1.29, 1.82) is 0 Å². The highest BCUT2D eigenvalue weighted by atomic mass is 32.1. The summed E-state index contributed by atoms with van der Waals surface area (Å²) in [5.74, 6) is 0.500. The number of thiocarbonyl (C=S) groups is 1. The van der Waals surface area contributed by atoms with Crippen LogP contribution in [0.15, 0.2) is 30.5 Å². The van der Waals surface area contributed by atoms with Crippen molar-refractivity contribution in [3.63, 3.8) is 0 Å². The minimum Gasteiger partial charge on any atom is -0.361 e. The van der Waals surface area contributed by atoms with Crippen LogP contribution in [0.3, 0.4) is 0 Å². The highest BCUT2D eigenvalue weighted by molar-refractivity contribution is 7.80. The molecule has 1 saturated heterocycles. The number of nitrogens with one attached hydrogen (secondary N) is 2. The first-order valence-corrected chi connectivity index (χ1v) is 10.9. The first kappa shape index (κ1) is 19.9. The van der Waals surface area contributed by atoms with Gasteiger partial charge in [0.1, 0.15) is 6.04 Å². The van der Waals surface area contributed by atoms with Crippen LogP contribution in [0.5, 0.6) is 0 Å². The van der Waals surface area contributed by atoms with Crippen LogP contribution >= 0.6 is 12.2 Å². The molecule has 7 heteroatoms. The lowest BCUT2D eigenvalue weighted by Gasteiger charge is -2.37. The summed E-state index contributed by atoms with van der Waals surface area (Å²) in [5.41, 5.74) is 1.69. The molecule has 1 aliphatic heterocycles. The van der Waals surface area contributed by atoms with Gasteiger partial charge in [-0.15, -0.1) is 0 Å². The van der Waals surface area contributed by atoms with Crippen molar-refractivity contribution in [2.45, 2.75) is 58.0 Å². The van der Waals surface area contributed by atoms with Gasteiger partial charge in [-0.05, 0) is 74.3 Å². The third kappa shape index (κ3) is 3.88. The molecule has 2 amide bonds. The Morgan fingerprint density at radius 3 is 2.72 bits per heavy atom. The number of aromatic amines is 1. The summed E-state index contributed by atoms with van der Waals surface area (Å²) in [6.07, 6.45) is 6.31. The average Bonchev–Trinajstić information content (AvgIpc) is 3.25. The number of hydrogen-bond donors (Lipinski definition) is 2.